The van der Waals surface area contributed by atoms with Gasteiger partial charge in [-0.15, -0.1) is 0 Å². The summed E-state index contributed by atoms with van der Waals surface area (Å²) in [7, 11) is 4.28. The minimum Gasteiger partial charge on any atom is -0.308 e. The Labute approximate surface area is 111 Å². The standard InChI is InChI=1S/C13H29BrN2/c1-12(2)9-16(8-7-15(5)6)11-13(3,4)10-14/h12H,7-11H2,1-6H3. The molecule has 0 aliphatic rings. The van der Waals surface area contributed by atoms with E-state index < -0.39 is 0 Å². The van der Waals surface area contributed by atoms with Crippen LogP contribution in [0.2, 0.25) is 0 Å². The van der Waals surface area contributed by atoms with Crippen LogP contribution in [0.5, 0.6) is 0 Å². The van der Waals surface area contributed by atoms with Gasteiger partial charge < -0.3 is 9.80 Å². The van der Waals surface area contributed by atoms with Crippen molar-refractivity contribution in [2.75, 3.05) is 45.6 Å². The van der Waals surface area contributed by atoms with E-state index in [0.717, 1.165) is 17.8 Å². The highest BCUT2D eigenvalue weighted by atomic mass is 79.9. The summed E-state index contributed by atoms with van der Waals surface area (Å²) >= 11 is 3.61. The van der Waals surface area contributed by atoms with Gasteiger partial charge in [-0.1, -0.05) is 43.6 Å². The molecule has 0 saturated carbocycles. The number of rotatable bonds is 8. The SMILES string of the molecule is CC(C)CN(CCN(C)C)CC(C)(C)CBr. The van der Waals surface area contributed by atoms with E-state index in [9.17, 15) is 0 Å². The summed E-state index contributed by atoms with van der Waals surface area (Å²) < 4.78 is 0. The molecule has 0 rings (SSSR count). The molecule has 0 unspecified atom stereocenters. The summed E-state index contributed by atoms with van der Waals surface area (Å²) in [5.41, 5.74) is 0.362. The number of alkyl halides is 1. The molecule has 0 aromatic heterocycles. The van der Waals surface area contributed by atoms with Crippen LogP contribution >= 0.6 is 15.9 Å². The first-order valence-corrected chi connectivity index (χ1v) is 7.32. The third-order valence-corrected chi connectivity index (χ3v) is 4.02. The normalized spacial score (nSPS) is 13.1. The monoisotopic (exact) mass is 292 g/mol. The van der Waals surface area contributed by atoms with Crippen molar-refractivity contribution < 1.29 is 0 Å². The second-order valence-corrected chi connectivity index (χ2v) is 6.79. The van der Waals surface area contributed by atoms with Crippen LogP contribution in [0, 0.1) is 11.3 Å². The van der Waals surface area contributed by atoms with Gasteiger partial charge in [-0.05, 0) is 25.4 Å². The molecule has 16 heavy (non-hydrogen) atoms. The van der Waals surface area contributed by atoms with E-state index in [0.29, 0.717) is 5.41 Å². The predicted molar refractivity (Wildman–Crippen MR) is 77.4 cm³/mol. The Bertz CT molecular complexity index is 179. The lowest BCUT2D eigenvalue weighted by molar-refractivity contribution is 0.164. The lowest BCUT2D eigenvalue weighted by Crippen LogP contribution is -2.41. The quantitative estimate of drug-likeness (QED) is 0.635. The highest BCUT2D eigenvalue weighted by Gasteiger charge is 2.20. The lowest BCUT2D eigenvalue weighted by Gasteiger charge is -2.33. The molecule has 0 spiro atoms. The highest BCUT2D eigenvalue weighted by molar-refractivity contribution is 9.09. The molecule has 0 heterocycles. The molecule has 0 N–H and O–H groups in total. The molecular formula is C13H29BrN2. The summed E-state index contributed by atoms with van der Waals surface area (Å²) in [6, 6.07) is 0. The van der Waals surface area contributed by atoms with Gasteiger partial charge in [0.05, 0.1) is 0 Å². The predicted octanol–water partition coefficient (Wildman–Crippen LogP) is 2.93. The molecule has 0 fully saturated rings. The molecule has 0 aliphatic carbocycles. The van der Waals surface area contributed by atoms with Crippen LogP contribution in [0.3, 0.4) is 0 Å². The van der Waals surface area contributed by atoms with Crippen LogP contribution in [-0.2, 0) is 0 Å². The first-order chi connectivity index (χ1) is 7.26. The highest BCUT2D eigenvalue weighted by Crippen LogP contribution is 2.20. The Morgan fingerprint density at radius 2 is 1.69 bits per heavy atom. The molecule has 0 atom stereocenters. The Morgan fingerprint density at radius 1 is 1.12 bits per heavy atom. The first kappa shape index (κ1) is 16.4. The topological polar surface area (TPSA) is 6.48 Å². The number of halogens is 1. The minimum absolute atomic E-state index is 0.362. The van der Waals surface area contributed by atoms with Gasteiger partial charge in [0.2, 0.25) is 0 Å². The fourth-order valence-corrected chi connectivity index (χ4v) is 1.92. The van der Waals surface area contributed by atoms with Gasteiger partial charge in [0, 0.05) is 31.5 Å². The number of hydrogen-bond donors (Lipinski definition) is 0. The van der Waals surface area contributed by atoms with Crippen LogP contribution in [-0.4, -0.2) is 55.4 Å². The van der Waals surface area contributed by atoms with Crippen molar-refractivity contribution in [3.63, 3.8) is 0 Å². The van der Waals surface area contributed by atoms with E-state index in [-0.39, 0.29) is 0 Å². The van der Waals surface area contributed by atoms with Gasteiger partial charge in [0.1, 0.15) is 0 Å². The molecule has 2 nitrogen and oxygen atoms in total. The third-order valence-electron chi connectivity index (χ3n) is 2.50. The van der Waals surface area contributed by atoms with Gasteiger partial charge in [0.25, 0.3) is 0 Å². The minimum atomic E-state index is 0.362. The van der Waals surface area contributed by atoms with Crippen LogP contribution in [0.4, 0.5) is 0 Å². The maximum atomic E-state index is 3.61. The Morgan fingerprint density at radius 3 is 2.06 bits per heavy atom. The molecule has 98 valence electrons. The third kappa shape index (κ3) is 8.54. The average molecular weight is 293 g/mol. The van der Waals surface area contributed by atoms with Crippen LogP contribution in [0.1, 0.15) is 27.7 Å². The van der Waals surface area contributed by atoms with E-state index in [1.165, 1.54) is 19.6 Å². The van der Waals surface area contributed by atoms with Crippen LogP contribution < -0.4 is 0 Å². The Balaban J connectivity index is 4.20. The van der Waals surface area contributed by atoms with Crippen LogP contribution in [0.25, 0.3) is 0 Å². The molecular weight excluding hydrogens is 264 g/mol. The average Bonchev–Trinajstić information content (AvgIpc) is 2.13. The van der Waals surface area contributed by atoms with Crippen molar-refractivity contribution in [3.05, 3.63) is 0 Å². The Kier molecular flexibility index (Phi) is 7.87. The van der Waals surface area contributed by atoms with Crippen molar-refractivity contribution in [2.24, 2.45) is 11.3 Å². The number of nitrogens with zero attached hydrogens (tertiary/aromatic N) is 2. The van der Waals surface area contributed by atoms with E-state index in [4.69, 9.17) is 0 Å². The molecule has 0 radical (unpaired) electrons. The number of likely N-dealkylation sites (N-methyl/N-ethyl adjacent to an activating group) is 1. The van der Waals surface area contributed by atoms with E-state index in [1.807, 2.05) is 0 Å². The fourth-order valence-electron chi connectivity index (χ4n) is 1.74. The summed E-state index contributed by atoms with van der Waals surface area (Å²) in [5.74, 6) is 0.744. The summed E-state index contributed by atoms with van der Waals surface area (Å²) in [5, 5.41) is 1.07. The summed E-state index contributed by atoms with van der Waals surface area (Å²) in [6.45, 7) is 13.9. The van der Waals surface area contributed by atoms with Crippen molar-refractivity contribution in [2.45, 2.75) is 27.7 Å². The van der Waals surface area contributed by atoms with Gasteiger partial charge in [-0.25, -0.2) is 0 Å². The number of hydrogen-bond acceptors (Lipinski definition) is 2. The zero-order chi connectivity index (χ0) is 12.8. The second kappa shape index (κ2) is 7.67. The largest absolute Gasteiger partial charge is 0.308 e. The summed E-state index contributed by atoms with van der Waals surface area (Å²) in [6.07, 6.45) is 0. The van der Waals surface area contributed by atoms with Crippen molar-refractivity contribution in [1.82, 2.24) is 9.80 Å². The maximum Gasteiger partial charge on any atom is 0.0109 e. The molecule has 0 bridgehead atoms. The lowest BCUT2D eigenvalue weighted by atomic mass is 9.95. The molecule has 3 heteroatoms. The smallest absolute Gasteiger partial charge is 0.0109 e. The van der Waals surface area contributed by atoms with E-state index in [1.54, 1.807) is 0 Å². The summed E-state index contributed by atoms with van der Waals surface area (Å²) in [4.78, 5) is 4.85. The van der Waals surface area contributed by atoms with Crippen LogP contribution in [0.15, 0.2) is 0 Å². The second-order valence-electron chi connectivity index (χ2n) is 6.23. The molecule has 0 aromatic carbocycles. The zero-order valence-electron chi connectivity index (χ0n) is 11.9. The fraction of sp³-hybridized carbons (Fsp3) is 1.00. The maximum absolute atomic E-state index is 3.61. The van der Waals surface area contributed by atoms with E-state index >= 15 is 0 Å². The van der Waals surface area contributed by atoms with Gasteiger partial charge in [0.15, 0.2) is 0 Å². The molecule has 0 saturated heterocycles. The van der Waals surface area contributed by atoms with Crippen molar-refractivity contribution in [3.8, 4) is 0 Å². The first-order valence-electron chi connectivity index (χ1n) is 6.20. The Hall–Kier alpha value is 0.400. The zero-order valence-corrected chi connectivity index (χ0v) is 13.5. The molecule has 0 aliphatic heterocycles. The van der Waals surface area contributed by atoms with Gasteiger partial charge in [-0.2, -0.15) is 0 Å². The van der Waals surface area contributed by atoms with Gasteiger partial charge >= 0.3 is 0 Å². The van der Waals surface area contributed by atoms with Crippen molar-refractivity contribution >= 4 is 15.9 Å². The molecule has 0 aromatic rings. The van der Waals surface area contributed by atoms with Crippen molar-refractivity contribution in [1.29, 1.82) is 0 Å². The molecule has 0 amide bonds. The van der Waals surface area contributed by atoms with E-state index in [2.05, 4.69) is 67.5 Å². The van der Waals surface area contributed by atoms with Gasteiger partial charge in [-0.3, -0.25) is 0 Å².